The largest absolute Gasteiger partial charge is 0.492 e. The second-order valence-corrected chi connectivity index (χ2v) is 9.97. The average molecular weight is 559 g/mol. The normalized spacial score (nSPS) is 14.5. The summed E-state index contributed by atoms with van der Waals surface area (Å²) >= 11 is 11.0. The lowest BCUT2D eigenvalue weighted by Gasteiger charge is -2.13. The third-order valence-electron chi connectivity index (χ3n) is 5.53. The number of benzene rings is 1. The van der Waals surface area contributed by atoms with E-state index in [9.17, 15) is 14.4 Å². The molecular weight excluding hydrogens is 534 g/mol. The number of ether oxygens (including phenoxy) is 3. The van der Waals surface area contributed by atoms with Crippen LogP contribution in [0.1, 0.15) is 57.1 Å². The fourth-order valence-electron chi connectivity index (χ4n) is 3.84. The van der Waals surface area contributed by atoms with Gasteiger partial charge in [0, 0.05) is 16.3 Å². The molecule has 1 atom stereocenters. The second-order valence-electron chi connectivity index (χ2n) is 7.69. The Labute approximate surface area is 209 Å². The van der Waals surface area contributed by atoms with Crippen LogP contribution in [0, 0.1) is 13.8 Å². The Balaban J connectivity index is 1.64. The van der Waals surface area contributed by atoms with E-state index in [-0.39, 0.29) is 17.9 Å². The number of methoxy groups -OCH3 is 2. The summed E-state index contributed by atoms with van der Waals surface area (Å²) in [5.41, 5.74) is 2.66. The predicted molar refractivity (Wildman–Crippen MR) is 131 cm³/mol. The smallest absolute Gasteiger partial charge is 0.341 e. The fourth-order valence-corrected chi connectivity index (χ4v) is 5.82. The van der Waals surface area contributed by atoms with Gasteiger partial charge in [-0.05, 0) is 71.8 Å². The van der Waals surface area contributed by atoms with Gasteiger partial charge in [-0.2, -0.15) is 0 Å². The van der Waals surface area contributed by atoms with Crippen molar-refractivity contribution in [2.75, 3.05) is 26.1 Å². The minimum atomic E-state index is -0.583. The molecule has 0 bridgehead atoms. The van der Waals surface area contributed by atoms with Crippen LogP contribution >= 0.6 is 38.9 Å². The Bertz CT molecular complexity index is 1100. The third-order valence-corrected chi connectivity index (χ3v) is 8.28. The van der Waals surface area contributed by atoms with E-state index in [0.29, 0.717) is 47.2 Å². The molecule has 1 aliphatic carbocycles. The zero-order valence-electron chi connectivity index (χ0n) is 18.8. The molecule has 0 saturated carbocycles. The highest BCUT2D eigenvalue weighted by molar-refractivity contribution is 9.10. The van der Waals surface area contributed by atoms with Gasteiger partial charge in [-0.3, -0.25) is 9.59 Å². The van der Waals surface area contributed by atoms with Gasteiger partial charge < -0.3 is 19.5 Å². The molecule has 1 aliphatic rings. The first-order valence-corrected chi connectivity index (χ1v) is 12.4. The van der Waals surface area contributed by atoms with Crippen LogP contribution in [-0.2, 0) is 25.5 Å². The summed E-state index contributed by atoms with van der Waals surface area (Å²) in [5.74, 6) is -1.09. The molecule has 1 unspecified atom stereocenters. The topological polar surface area (TPSA) is 90.9 Å². The number of carbonyl (C=O) groups excluding carboxylic acids is 3. The molecule has 3 rings (SSSR count). The Kier molecular flexibility index (Phi) is 8.42. The molecule has 1 aromatic heterocycles. The van der Waals surface area contributed by atoms with Gasteiger partial charge in [0.25, 0.3) is 0 Å². The number of anilines is 1. The predicted octanol–water partition coefficient (Wildman–Crippen LogP) is 5.57. The van der Waals surface area contributed by atoms with Gasteiger partial charge in [0.15, 0.2) is 0 Å². The molecule has 1 N–H and O–H groups in total. The first-order chi connectivity index (χ1) is 15.7. The number of amides is 1. The number of carbonyl (C=O) groups is 3. The number of hydrogen-bond donors (Lipinski definition) is 1. The summed E-state index contributed by atoms with van der Waals surface area (Å²) in [6, 6.07) is 1.85. The molecule has 0 radical (unpaired) electrons. The van der Waals surface area contributed by atoms with Crippen LogP contribution in [0.3, 0.4) is 0 Å². The highest BCUT2D eigenvalue weighted by Gasteiger charge is 2.38. The van der Waals surface area contributed by atoms with Gasteiger partial charge in [0.2, 0.25) is 5.91 Å². The maximum atomic E-state index is 12.6. The van der Waals surface area contributed by atoms with E-state index in [4.69, 9.17) is 25.8 Å². The van der Waals surface area contributed by atoms with Crippen molar-refractivity contribution in [3.8, 4) is 5.75 Å². The van der Waals surface area contributed by atoms with E-state index in [0.717, 1.165) is 20.5 Å². The van der Waals surface area contributed by atoms with Crippen molar-refractivity contribution in [3.63, 3.8) is 0 Å². The van der Waals surface area contributed by atoms with Gasteiger partial charge in [-0.15, -0.1) is 11.3 Å². The third kappa shape index (κ3) is 5.36. The lowest BCUT2D eigenvalue weighted by molar-refractivity contribution is -0.142. The standard InChI is InChI=1S/C23H25BrClNO6S/c1-11-10-14(19(24)12(2)20(11)25)32-9-5-6-16(27)26-21-18(23(29)31-4)17-13(22(28)30-3)7-8-15(17)33-21/h10,13H,5-9H2,1-4H3,(H,26,27). The molecule has 1 aromatic carbocycles. The van der Waals surface area contributed by atoms with Gasteiger partial charge in [0.1, 0.15) is 10.8 Å². The lowest BCUT2D eigenvalue weighted by atomic mass is 9.99. The van der Waals surface area contributed by atoms with Gasteiger partial charge in [-0.25, -0.2) is 4.79 Å². The number of hydrogen-bond acceptors (Lipinski definition) is 7. The molecule has 1 amide bonds. The molecule has 10 heteroatoms. The van der Waals surface area contributed by atoms with Crippen molar-refractivity contribution in [2.24, 2.45) is 0 Å². The summed E-state index contributed by atoms with van der Waals surface area (Å²) in [6.45, 7) is 4.15. The van der Waals surface area contributed by atoms with Crippen molar-refractivity contribution in [3.05, 3.63) is 42.7 Å². The molecule has 2 aromatic rings. The highest BCUT2D eigenvalue weighted by Crippen LogP contribution is 2.46. The molecule has 0 spiro atoms. The SMILES string of the molecule is COC(=O)c1c(NC(=O)CCCOc2cc(C)c(Cl)c(C)c2Br)sc2c1C(C(=O)OC)CC2. The van der Waals surface area contributed by atoms with Gasteiger partial charge in [-0.1, -0.05) is 11.6 Å². The first kappa shape index (κ1) is 25.5. The Morgan fingerprint density at radius 3 is 2.64 bits per heavy atom. The zero-order chi connectivity index (χ0) is 24.3. The van der Waals surface area contributed by atoms with Crippen molar-refractivity contribution in [1.29, 1.82) is 0 Å². The summed E-state index contributed by atoms with van der Waals surface area (Å²) in [7, 11) is 2.59. The first-order valence-electron chi connectivity index (χ1n) is 10.4. The number of esters is 2. The van der Waals surface area contributed by atoms with E-state index in [2.05, 4.69) is 21.2 Å². The summed E-state index contributed by atoms with van der Waals surface area (Å²) in [6.07, 6.45) is 1.89. The Morgan fingerprint density at radius 2 is 1.97 bits per heavy atom. The number of halogens is 2. The van der Waals surface area contributed by atoms with Crippen molar-refractivity contribution in [1.82, 2.24) is 0 Å². The van der Waals surface area contributed by atoms with Crippen molar-refractivity contribution in [2.45, 2.75) is 45.4 Å². The molecule has 33 heavy (non-hydrogen) atoms. The van der Waals surface area contributed by atoms with E-state index in [1.54, 1.807) is 0 Å². The number of nitrogens with one attached hydrogen (secondary N) is 1. The van der Waals surface area contributed by atoms with Crippen molar-refractivity contribution < 1.29 is 28.6 Å². The minimum Gasteiger partial charge on any atom is -0.492 e. The van der Waals surface area contributed by atoms with Crippen LogP contribution in [0.4, 0.5) is 5.00 Å². The maximum Gasteiger partial charge on any atom is 0.341 e. The van der Waals surface area contributed by atoms with E-state index >= 15 is 0 Å². The number of rotatable bonds is 8. The van der Waals surface area contributed by atoms with Gasteiger partial charge in [0.05, 0.1) is 36.8 Å². The van der Waals surface area contributed by atoms with Crippen LogP contribution in [0.25, 0.3) is 0 Å². The summed E-state index contributed by atoms with van der Waals surface area (Å²) in [5, 5.41) is 3.90. The summed E-state index contributed by atoms with van der Waals surface area (Å²) in [4.78, 5) is 38.1. The second kappa shape index (κ2) is 10.9. The highest BCUT2D eigenvalue weighted by atomic mass is 79.9. The monoisotopic (exact) mass is 557 g/mol. The van der Waals surface area contributed by atoms with E-state index < -0.39 is 17.9 Å². The van der Waals surface area contributed by atoms with Crippen LogP contribution in [0.2, 0.25) is 5.02 Å². The number of fused-ring (bicyclic) bond motifs is 1. The van der Waals surface area contributed by atoms with Crippen LogP contribution in [0.15, 0.2) is 10.5 Å². The fraction of sp³-hybridized carbons (Fsp3) is 0.435. The summed E-state index contributed by atoms with van der Waals surface area (Å²) < 4.78 is 16.4. The maximum absolute atomic E-state index is 12.6. The van der Waals surface area contributed by atoms with Crippen LogP contribution in [0.5, 0.6) is 5.75 Å². The zero-order valence-corrected chi connectivity index (χ0v) is 22.0. The number of aryl methyl sites for hydroxylation is 2. The van der Waals surface area contributed by atoms with Crippen LogP contribution in [-0.4, -0.2) is 38.7 Å². The average Bonchev–Trinajstić information content (AvgIpc) is 3.36. The van der Waals surface area contributed by atoms with Crippen LogP contribution < -0.4 is 10.1 Å². The van der Waals surface area contributed by atoms with E-state index in [1.165, 1.54) is 25.6 Å². The Hall–Kier alpha value is -2.10. The Morgan fingerprint density at radius 1 is 1.24 bits per heavy atom. The molecule has 0 fully saturated rings. The molecule has 0 aliphatic heterocycles. The van der Waals surface area contributed by atoms with Gasteiger partial charge >= 0.3 is 11.9 Å². The minimum absolute atomic E-state index is 0.201. The molecule has 7 nitrogen and oxygen atoms in total. The lowest BCUT2D eigenvalue weighted by Crippen LogP contribution is -2.18. The number of thiophene rings is 1. The quantitative estimate of drug-likeness (QED) is 0.337. The molecule has 1 heterocycles. The van der Waals surface area contributed by atoms with E-state index in [1.807, 2.05) is 19.9 Å². The molecular formula is C23H25BrClNO6S. The molecule has 178 valence electrons. The molecule has 0 saturated heterocycles. The van der Waals surface area contributed by atoms with Crippen molar-refractivity contribution >= 4 is 61.7 Å².